The Bertz CT molecular complexity index is 315. The fourth-order valence-corrected chi connectivity index (χ4v) is 2.48. The van der Waals surface area contributed by atoms with Gasteiger partial charge in [0.25, 0.3) is 0 Å². The van der Waals surface area contributed by atoms with Crippen LogP contribution in [-0.2, 0) is 0 Å². The Morgan fingerprint density at radius 3 is 2.50 bits per heavy atom. The first-order valence-electron chi connectivity index (χ1n) is 4.33. The van der Waals surface area contributed by atoms with Gasteiger partial charge in [0.1, 0.15) is 0 Å². The van der Waals surface area contributed by atoms with Gasteiger partial charge in [-0.25, -0.2) is 0 Å². The summed E-state index contributed by atoms with van der Waals surface area (Å²) in [6.07, 6.45) is 1.77. The molecule has 0 radical (unpaired) electrons. The van der Waals surface area contributed by atoms with Crippen LogP contribution in [0.5, 0.6) is 0 Å². The van der Waals surface area contributed by atoms with Crippen LogP contribution >= 0.6 is 31.9 Å². The zero-order valence-electron chi connectivity index (χ0n) is 8.09. The summed E-state index contributed by atoms with van der Waals surface area (Å²) in [5.41, 5.74) is 3.71. The van der Waals surface area contributed by atoms with Gasteiger partial charge in [0, 0.05) is 15.1 Å². The number of nitrogens with one attached hydrogen (secondary N) is 1. The van der Waals surface area contributed by atoms with Crippen LogP contribution in [-0.4, -0.2) is 4.98 Å². The molecule has 14 heavy (non-hydrogen) atoms. The normalized spacial score (nSPS) is 13.3. The van der Waals surface area contributed by atoms with E-state index in [-0.39, 0.29) is 6.04 Å². The lowest BCUT2D eigenvalue weighted by Crippen LogP contribution is -2.32. The van der Waals surface area contributed by atoms with Crippen LogP contribution in [0.4, 0.5) is 0 Å². The molecule has 0 aromatic carbocycles. The van der Waals surface area contributed by atoms with Crippen molar-refractivity contribution in [2.75, 3.05) is 0 Å². The molecule has 0 aliphatic heterocycles. The molecule has 0 fully saturated rings. The van der Waals surface area contributed by atoms with Crippen LogP contribution < -0.4 is 11.3 Å². The zero-order chi connectivity index (χ0) is 10.7. The van der Waals surface area contributed by atoms with Gasteiger partial charge < -0.3 is 0 Å². The van der Waals surface area contributed by atoms with E-state index >= 15 is 0 Å². The minimum absolute atomic E-state index is 0.0671. The van der Waals surface area contributed by atoms with Gasteiger partial charge in [-0.3, -0.25) is 16.3 Å². The van der Waals surface area contributed by atoms with Crippen molar-refractivity contribution in [3.63, 3.8) is 0 Å². The van der Waals surface area contributed by atoms with E-state index in [0.29, 0.717) is 5.92 Å². The van der Waals surface area contributed by atoms with Crippen molar-refractivity contribution in [1.82, 2.24) is 10.4 Å². The van der Waals surface area contributed by atoms with Gasteiger partial charge in [0.2, 0.25) is 0 Å². The summed E-state index contributed by atoms with van der Waals surface area (Å²) in [6.45, 7) is 4.20. The molecule has 0 aliphatic carbocycles. The summed E-state index contributed by atoms with van der Waals surface area (Å²) in [4.78, 5) is 4.33. The summed E-state index contributed by atoms with van der Waals surface area (Å²) in [7, 11) is 0. The van der Waals surface area contributed by atoms with E-state index in [1.807, 2.05) is 6.07 Å². The first-order chi connectivity index (χ1) is 6.56. The molecule has 0 aliphatic rings. The lowest BCUT2D eigenvalue weighted by atomic mass is 10.0. The summed E-state index contributed by atoms with van der Waals surface area (Å²) >= 11 is 6.83. The van der Waals surface area contributed by atoms with Crippen LogP contribution in [0.2, 0.25) is 0 Å². The molecule has 78 valence electrons. The van der Waals surface area contributed by atoms with Gasteiger partial charge >= 0.3 is 0 Å². The summed E-state index contributed by atoms with van der Waals surface area (Å²) in [6, 6.07) is 2.03. The van der Waals surface area contributed by atoms with Crippen molar-refractivity contribution in [2.45, 2.75) is 19.9 Å². The maximum Gasteiger partial charge on any atom is 0.0731 e. The highest BCUT2D eigenvalue weighted by atomic mass is 79.9. The summed E-state index contributed by atoms with van der Waals surface area (Å²) in [5.74, 6) is 5.88. The molecular weight excluding hydrogens is 310 g/mol. The highest BCUT2D eigenvalue weighted by Gasteiger charge is 2.18. The maximum absolute atomic E-state index is 5.49. The van der Waals surface area contributed by atoms with Crippen molar-refractivity contribution >= 4 is 31.9 Å². The second-order valence-corrected chi connectivity index (χ2v) is 5.18. The molecule has 1 heterocycles. The molecule has 1 unspecified atom stereocenters. The zero-order valence-corrected chi connectivity index (χ0v) is 11.3. The molecule has 1 rings (SSSR count). The number of pyridine rings is 1. The van der Waals surface area contributed by atoms with Crippen molar-refractivity contribution in [2.24, 2.45) is 11.8 Å². The molecule has 3 N–H and O–H groups in total. The molecule has 0 spiro atoms. The first kappa shape index (κ1) is 12.1. The highest BCUT2D eigenvalue weighted by Crippen LogP contribution is 2.27. The Hall–Kier alpha value is 0.0300. The molecular formula is C9H13Br2N3. The monoisotopic (exact) mass is 321 g/mol. The number of hydrogen-bond acceptors (Lipinski definition) is 3. The highest BCUT2D eigenvalue weighted by molar-refractivity contribution is 9.11. The molecule has 1 aromatic heterocycles. The molecule has 1 aromatic rings. The Labute approximate surface area is 101 Å². The number of hydrazine groups is 1. The molecule has 3 nitrogen and oxygen atoms in total. The number of halogens is 2. The van der Waals surface area contributed by atoms with Crippen LogP contribution in [0.15, 0.2) is 21.2 Å². The van der Waals surface area contributed by atoms with Crippen LogP contribution in [0.3, 0.4) is 0 Å². The number of hydrogen-bond donors (Lipinski definition) is 2. The minimum atomic E-state index is 0.0671. The molecule has 0 saturated heterocycles. The van der Waals surface area contributed by atoms with Crippen LogP contribution in [0.25, 0.3) is 0 Å². The summed E-state index contributed by atoms with van der Waals surface area (Å²) in [5, 5.41) is 0. The Balaban J connectivity index is 3.04. The van der Waals surface area contributed by atoms with E-state index in [0.717, 1.165) is 14.6 Å². The van der Waals surface area contributed by atoms with Crippen molar-refractivity contribution in [1.29, 1.82) is 0 Å². The largest absolute Gasteiger partial charge is 0.271 e. The van der Waals surface area contributed by atoms with Gasteiger partial charge in [-0.05, 0) is 43.8 Å². The van der Waals surface area contributed by atoms with E-state index in [1.165, 1.54) is 0 Å². The predicted molar refractivity (Wildman–Crippen MR) is 64.5 cm³/mol. The quantitative estimate of drug-likeness (QED) is 0.664. The van der Waals surface area contributed by atoms with Gasteiger partial charge in [-0.2, -0.15) is 0 Å². The maximum atomic E-state index is 5.49. The topological polar surface area (TPSA) is 50.9 Å². The Morgan fingerprint density at radius 1 is 1.43 bits per heavy atom. The number of aromatic nitrogens is 1. The molecule has 0 bridgehead atoms. The molecule has 0 amide bonds. The molecule has 0 saturated carbocycles. The van der Waals surface area contributed by atoms with E-state index in [1.54, 1.807) is 6.20 Å². The minimum Gasteiger partial charge on any atom is -0.271 e. The van der Waals surface area contributed by atoms with Crippen LogP contribution in [0.1, 0.15) is 25.6 Å². The Kier molecular flexibility index (Phi) is 4.50. The third-order valence-corrected chi connectivity index (χ3v) is 3.05. The first-order valence-corrected chi connectivity index (χ1v) is 5.92. The number of nitrogens with two attached hydrogens (primary N) is 1. The average Bonchev–Trinajstić information content (AvgIpc) is 2.09. The third-order valence-electron chi connectivity index (χ3n) is 1.98. The van der Waals surface area contributed by atoms with Crippen molar-refractivity contribution < 1.29 is 0 Å². The Morgan fingerprint density at radius 2 is 2.07 bits per heavy atom. The van der Waals surface area contributed by atoms with Gasteiger partial charge in [0.15, 0.2) is 0 Å². The van der Waals surface area contributed by atoms with Gasteiger partial charge in [-0.1, -0.05) is 13.8 Å². The lowest BCUT2D eigenvalue weighted by molar-refractivity contribution is 0.410. The van der Waals surface area contributed by atoms with E-state index in [4.69, 9.17) is 5.84 Å². The second kappa shape index (κ2) is 5.21. The number of rotatable bonds is 3. The van der Waals surface area contributed by atoms with Crippen molar-refractivity contribution in [3.8, 4) is 0 Å². The standard InChI is InChI=1S/C9H13Br2N3/c1-5(2)8(14-12)9-7(11)3-6(10)4-13-9/h3-5,8,14H,12H2,1-2H3. The third kappa shape index (κ3) is 2.76. The lowest BCUT2D eigenvalue weighted by Gasteiger charge is -2.20. The smallest absolute Gasteiger partial charge is 0.0731 e. The molecule has 5 heteroatoms. The van der Waals surface area contributed by atoms with E-state index < -0.39 is 0 Å². The average molecular weight is 323 g/mol. The van der Waals surface area contributed by atoms with Crippen molar-refractivity contribution in [3.05, 3.63) is 26.9 Å². The fourth-order valence-electron chi connectivity index (χ4n) is 1.24. The van der Waals surface area contributed by atoms with E-state index in [2.05, 4.69) is 56.1 Å². The summed E-state index contributed by atoms with van der Waals surface area (Å²) < 4.78 is 1.91. The van der Waals surface area contributed by atoms with E-state index in [9.17, 15) is 0 Å². The van der Waals surface area contributed by atoms with Gasteiger partial charge in [0.05, 0.1) is 11.7 Å². The van der Waals surface area contributed by atoms with Gasteiger partial charge in [-0.15, -0.1) is 0 Å². The predicted octanol–water partition coefficient (Wildman–Crippen LogP) is 2.77. The SMILES string of the molecule is CC(C)C(NN)c1ncc(Br)cc1Br. The van der Waals surface area contributed by atoms with Crippen LogP contribution in [0, 0.1) is 5.92 Å². The fraction of sp³-hybridized carbons (Fsp3) is 0.444. The second-order valence-electron chi connectivity index (χ2n) is 3.41. The molecule has 1 atom stereocenters. The number of nitrogens with zero attached hydrogens (tertiary/aromatic N) is 1.